The molecule has 1 atom stereocenters. The van der Waals surface area contributed by atoms with Gasteiger partial charge in [-0.25, -0.2) is 0 Å². The average Bonchev–Trinajstić information content (AvgIpc) is 2.49. The molecule has 0 aliphatic carbocycles. The maximum atomic E-state index is 9.33. The summed E-state index contributed by atoms with van der Waals surface area (Å²) in [6.07, 6.45) is 1.11. The Kier molecular flexibility index (Phi) is 5.05. The predicted molar refractivity (Wildman–Crippen MR) is 82.6 cm³/mol. The predicted octanol–water partition coefficient (Wildman–Crippen LogP) is 5.14. The minimum atomic E-state index is -0.0964. The molecular formula is C17H19ClO2. The molecule has 0 amide bonds. The second-order valence-corrected chi connectivity index (χ2v) is 5.27. The first-order valence-corrected chi connectivity index (χ1v) is 7.19. The Balaban J connectivity index is 2.22. The summed E-state index contributed by atoms with van der Waals surface area (Å²) in [4.78, 5) is 0. The van der Waals surface area contributed by atoms with Crippen molar-refractivity contribution in [3.05, 3.63) is 58.6 Å². The molecule has 1 N–H and O–H groups in total. The molecule has 0 spiro atoms. The lowest BCUT2D eigenvalue weighted by Crippen LogP contribution is -1.94. The van der Waals surface area contributed by atoms with Gasteiger partial charge in [0.15, 0.2) is 5.75 Å². The highest BCUT2D eigenvalue weighted by molar-refractivity contribution is 6.32. The molecule has 0 saturated heterocycles. The summed E-state index contributed by atoms with van der Waals surface area (Å²) < 4.78 is 5.81. The van der Waals surface area contributed by atoms with Gasteiger partial charge in [0.05, 0.1) is 11.6 Å². The Bertz CT molecular complexity index is 564. The van der Waals surface area contributed by atoms with Crippen molar-refractivity contribution in [2.24, 2.45) is 0 Å². The summed E-state index contributed by atoms with van der Waals surface area (Å²) in [6, 6.07) is 13.4. The van der Waals surface area contributed by atoms with Crippen molar-refractivity contribution < 1.29 is 9.84 Å². The van der Waals surface area contributed by atoms with E-state index in [2.05, 4.69) is 26.0 Å². The Morgan fingerprint density at radius 1 is 1.15 bits per heavy atom. The van der Waals surface area contributed by atoms with Crippen LogP contribution in [0.15, 0.2) is 42.5 Å². The van der Waals surface area contributed by atoms with E-state index in [1.807, 2.05) is 12.1 Å². The van der Waals surface area contributed by atoms with Gasteiger partial charge in [0.25, 0.3) is 0 Å². The summed E-state index contributed by atoms with van der Waals surface area (Å²) in [5.41, 5.74) is 1.98. The molecule has 0 bridgehead atoms. The second-order valence-electron chi connectivity index (χ2n) is 4.87. The highest BCUT2D eigenvalue weighted by atomic mass is 35.5. The van der Waals surface area contributed by atoms with Crippen molar-refractivity contribution in [1.82, 2.24) is 0 Å². The highest BCUT2D eigenvalue weighted by Crippen LogP contribution is 2.33. The summed E-state index contributed by atoms with van der Waals surface area (Å²) in [5, 5.41) is 9.83. The highest BCUT2D eigenvalue weighted by Gasteiger charge is 2.09. The van der Waals surface area contributed by atoms with Crippen LogP contribution in [0.3, 0.4) is 0 Å². The molecule has 2 aromatic carbocycles. The van der Waals surface area contributed by atoms with E-state index >= 15 is 0 Å². The Morgan fingerprint density at radius 3 is 2.45 bits per heavy atom. The molecule has 0 radical (unpaired) electrons. The lowest BCUT2D eigenvalue weighted by molar-refractivity contribution is 0.276. The standard InChI is InChI=1S/C17H19ClO2/c1-3-12(2)13-7-9-15(10-8-13)20-17-14(11-19)5-4-6-16(17)18/h4-10,12,19H,3,11H2,1-2H3. The zero-order valence-corrected chi connectivity index (χ0v) is 12.5. The molecule has 0 aliphatic heterocycles. The Morgan fingerprint density at radius 2 is 1.85 bits per heavy atom. The molecule has 2 rings (SSSR count). The van der Waals surface area contributed by atoms with Gasteiger partial charge in [-0.2, -0.15) is 0 Å². The average molecular weight is 291 g/mol. The van der Waals surface area contributed by atoms with E-state index in [-0.39, 0.29) is 6.61 Å². The van der Waals surface area contributed by atoms with Gasteiger partial charge in [0.1, 0.15) is 5.75 Å². The quantitative estimate of drug-likeness (QED) is 0.826. The van der Waals surface area contributed by atoms with Crippen molar-refractivity contribution >= 4 is 11.6 Å². The van der Waals surface area contributed by atoms with Gasteiger partial charge in [0, 0.05) is 5.56 Å². The van der Waals surface area contributed by atoms with E-state index in [1.54, 1.807) is 18.2 Å². The first-order chi connectivity index (χ1) is 9.65. The molecule has 106 valence electrons. The van der Waals surface area contributed by atoms with E-state index in [0.717, 1.165) is 12.2 Å². The number of para-hydroxylation sites is 1. The van der Waals surface area contributed by atoms with Gasteiger partial charge in [-0.15, -0.1) is 0 Å². The fourth-order valence-electron chi connectivity index (χ4n) is 2.01. The normalized spacial score (nSPS) is 12.2. The van der Waals surface area contributed by atoms with Crippen LogP contribution in [0.4, 0.5) is 0 Å². The van der Waals surface area contributed by atoms with E-state index in [0.29, 0.717) is 22.3 Å². The van der Waals surface area contributed by atoms with Crippen molar-refractivity contribution in [3.63, 3.8) is 0 Å². The van der Waals surface area contributed by atoms with Gasteiger partial charge >= 0.3 is 0 Å². The van der Waals surface area contributed by atoms with Gasteiger partial charge in [0.2, 0.25) is 0 Å². The number of benzene rings is 2. The monoisotopic (exact) mass is 290 g/mol. The number of ether oxygens (including phenoxy) is 1. The smallest absolute Gasteiger partial charge is 0.151 e. The molecule has 0 aliphatic rings. The van der Waals surface area contributed by atoms with Crippen molar-refractivity contribution in [3.8, 4) is 11.5 Å². The largest absolute Gasteiger partial charge is 0.455 e. The van der Waals surface area contributed by atoms with Crippen LogP contribution >= 0.6 is 11.6 Å². The second kappa shape index (κ2) is 6.78. The third-order valence-corrected chi connectivity index (χ3v) is 3.80. The lowest BCUT2D eigenvalue weighted by atomic mass is 9.99. The number of hydrogen-bond donors (Lipinski definition) is 1. The SMILES string of the molecule is CCC(C)c1ccc(Oc2c(Cl)cccc2CO)cc1. The topological polar surface area (TPSA) is 29.5 Å². The summed E-state index contributed by atoms with van der Waals surface area (Å²) in [5.74, 6) is 1.78. The molecular weight excluding hydrogens is 272 g/mol. The van der Waals surface area contributed by atoms with Crippen molar-refractivity contribution in [1.29, 1.82) is 0 Å². The van der Waals surface area contributed by atoms with Crippen LogP contribution in [0, 0.1) is 0 Å². The zero-order valence-electron chi connectivity index (χ0n) is 11.8. The fraction of sp³-hybridized carbons (Fsp3) is 0.294. The summed E-state index contributed by atoms with van der Waals surface area (Å²) >= 11 is 6.13. The number of halogens is 1. The minimum Gasteiger partial charge on any atom is -0.455 e. The van der Waals surface area contributed by atoms with Crippen LogP contribution < -0.4 is 4.74 Å². The molecule has 3 heteroatoms. The van der Waals surface area contributed by atoms with E-state index in [4.69, 9.17) is 16.3 Å². The van der Waals surface area contributed by atoms with Crippen molar-refractivity contribution in [2.75, 3.05) is 0 Å². The van der Waals surface area contributed by atoms with Gasteiger partial charge in [-0.3, -0.25) is 0 Å². The third kappa shape index (κ3) is 3.33. The molecule has 0 aromatic heterocycles. The lowest BCUT2D eigenvalue weighted by Gasteiger charge is -2.13. The third-order valence-electron chi connectivity index (χ3n) is 3.50. The van der Waals surface area contributed by atoms with Gasteiger partial charge in [-0.1, -0.05) is 49.7 Å². The Hall–Kier alpha value is -1.51. The van der Waals surface area contributed by atoms with Crippen LogP contribution in [0.25, 0.3) is 0 Å². The zero-order chi connectivity index (χ0) is 14.5. The summed E-state index contributed by atoms with van der Waals surface area (Å²) in [7, 11) is 0. The number of rotatable bonds is 5. The number of hydrogen-bond acceptors (Lipinski definition) is 2. The molecule has 0 saturated carbocycles. The number of aliphatic hydroxyl groups excluding tert-OH is 1. The molecule has 1 unspecified atom stereocenters. The number of aliphatic hydroxyl groups is 1. The van der Waals surface area contributed by atoms with Crippen molar-refractivity contribution in [2.45, 2.75) is 32.8 Å². The molecule has 2 aromatic rings. The fourth-order valence-corrected chi connectivity index (χ4v) is 2.24. The summed E-state index contributed by atoms with van der Waals surface area (Å²) in [6.45, 7) is 4.28. The van der Waals surface area contributed by atoms with Crippen LogP contribution in [0.1, 0.15) is 37.3 Å². The van der Waals surface area contributed by atoms with E-state index in [9.17, 15) is 5.11 Å². The van der Waals surface area contributed by atoms with E-state index in [1.165, 1.54) is 5.56 Å². The first kappa shape index (κ1) is 14.9. The molecule has 0 heterocycles. The van der Waals surface area contributed by atoms with Crippen LogP contribution in [-0.4, -0.2) is 5.11 Å². The Labute approximate surface area is 125 Å². The van der Waals surface area contributed by atoms with Crippen LogP contribution in [0.2, 0.25) is 5.02 Å². The van der Waals surface area contributed by atoms with E-state index < -0.39 is 0 Å². The molecule has 0 fully saturated rings. The maximum Gasteiger partial charge on any atom is 0.151 e. The van der Waals surface area contributed by atoms with Crippen LogP contribution in [0.5, 0.6) is 11.5 Å². The first-order valence-electron chi connectivity index (χ1n) is 6.81. The van der Waals surface area contributed by atoms with Gasteiger partial charge < -0.3 is 9.84 Å². The van der Waals surface area contributed by atoms with Crippen LogP contribution in [-0.2, 0) is 6.61 Å². The van der Waals surface area contributed by atoms with Gasteiger partial charge in [-0.05, 0) is 36.1 Å². The molecule has 2 nitrogen and oxygen atoms in total. The maximum absolute atomic E-state index is 9.33. The molecule has 20 heavy (non-hydrogen) atoms. The minimum absolute atomic E-state index is 0.0964.